The van der Waals surface area contributed by atoms with Crippen molar-refractivity contribution in [3.05, 3.63) is 23.8 Å². The van der Waals surface area contributed by atoms with Gasteiger partial charge in [-0.15, -0.1) is 0 Å². The van der Waals surface area contributed by atoms with Gasteiger partial charge in [-0.2, -0.15) is 5.26 Å². The van der Waals surface area contributed by atoms with Crippen LogP contribution in [-0.2, 0) is 6.42 Å². The molecule has 1 aromatic carbocycles. The lowest BCUT2D eigenvalue weighted by atomic mass is 10.1. The SMILES string of the molecule is N#CCCCc1cccc2c1OCCO2. The van der Waals surface area contributed by atoms with Crippen LogP contribution in [0, 0.1) is 11.3 Å². The number of para-hydroxylation sites is 1. The third-order valence-electron chi connectivity index (χ3n) is 2.38. The summed E-state index contributed by atoms with van der Waals surface area (Å²) in [5.74, 6) is 1.69. The molecule has 0 fully saturated rings. The molecule has 0 N–H and O–H groups in total. The van der Waals surface area contributed by atoms with Gasteiger partial charge in [0.1, 0.15) is 13.2 Å². The molecule has 0 radical (unpaired) electrons. The molecule has 1 aliphatic heterocycles. The molecular weight excluding hydrogens is 190 g/mol. The Morgan fingerprint density at radius 1 is 1.27 bits per heavy atom. The molecule has 2 rings (SSSR count). The molecule has 0 saturated heterocycles. The second-order valence-electron chi connectivity index (χ2n) is 3.45. The Bertz CT molecular complexity index is 382. The van der Waals surface area contributed by atoms with Gasteiger partial charge in [-0.05, 0) is 24.5 Å². The first-order chi connectivity index (χ1) is 7.42. The zero-order chi connectivity index (χ0) is 10.5. The van der Waals surface area contributed by atoms with Gasteiger partial charge in [0.25, 0.3) is 0 Å². The quantitative estimate of drug-likeness (QED) is 0.708. The van der Waals surface area contributed by atoms with E-state index < -0.39 is 0 Å². The standard InChI is InChI=1S/C12H13NO2/c13-7-2-1-4-10-5-3-6-11-12(10)15-9-8-14-11/h3,5-6H,1-2,4,8-9H2. The van der Waals surface area contributed by atoms with Gasteiger partial charge in [0.2, 0.25) is 0 Å². The topological polar surface area (TPSA) is 42.2 Å². The Kier molecular flexibility index (Phi) is 3.08. The first-order valence-corrected chi connectivity index (χ1v) is 5.16. The highest BCUT2D eigenvalue weighted by atomic mass is 16.6. The average Bonchev–Trinajstić information content (AvgIpc) is 2.30. The number of fused-ring (bicyclic) bond motifs is 1. The molecule has 0 spiro atoms. The van der Waals surface area contributed by atoms with Crippen LogP contribution < -0.4 is 9.47 Å². The molecule has 1 aliphatic rings. The maximum atomic E-state index is 8.48. The highest BCUT2D eigenvalue weighted by molar-refractivity contribution is 5.47. The molecule has 0 bridgehead atoms. The van der Waals surface area contributed by atoms with Gasteiger partial charge in [0.15, 0.2) is 11.5 Å². The zero-order valence-corrected chi connectivity index (χ0v) is 8.53. The third-order valence-corrected chi connectivity index (χ3v) is 2.38. The van der Waals surface area contributed by atoms with Crippen molar-refractivity contribution in [2.45, 2.75) is 19.3 Å². The van der Waals surface area contributed by atoms with E-state index in [9.17, 15) is 0 Å². The van der Waals surface area contributed by atoms with E-state index in [1.54, 1.807) is 0 Å². The Hall–Kier alpha value is -1.69. The number of hydrogen-bond acceptors (Lipinski definition) is 3. The Morgan fingerprint density at radius 2 is 2.13 bits per heavy atom. The van der Waals surface area contributed by atoms with Crippen LogP contribution in [0.5, 0.6) is 11.5 Å². The molecule has 0 amide bonds. The van der Waals surface area contributed by atoms with Crippen molar-refractivity contribution in [1.29, 1.82) is 5.26 Å². The number of aryl methyl sites for hydroxylation is 1. The maximum absolute atomic E-state index is 8.48. The smallest absolute Gasteiger partial charge is 0.164 e. The lowest BCUT2D eigenvalue weighted by Gasteiger charge is -2.20. The van der Waals surface area contributed by atoms with E-state index in [0.717, 1.165) is 29.9 Å². The minimum Gasteiger partial charge on any atom is -0.486 e. The fourth-order valence-corrected chi connectivity index (χ4v) is 1.69. The molecule has 1 aromatic rings. The summed E-state index contributed by atoms with van der Waals surface area (Å²) < 4.78 is 11.1. The van der Waals surface area contributed by atoms with E-state index in [1.165, 1.54) is 0 Å². The van der Waals surface area contributed by atoms with Gasteiger partial charge < -0.3 is 9.47 Å². The van der Waals surface area contributed by atoms with Gasteiger partial charge in [-0.1, -0.05) is 12.1 Å². The Balaban J connectivity index is 2.13. The normalized spacial score (nSPS) is 13.3. The molecule has 3 nitrogen and oxygen atoms in total. The van der Waals surface area contributed by atoms with Crippen molar-refractivity contribution in [2.24, 2.45) is 0 Å². The molecular formula is C12H13NO2. The van der Waals surface area contributed by atoms with Crippen LogP contribution in [0.1, 0.15) is 18.4 Å². The summed E-state index contributed by atoms with van der Waals surface area (Å²) in [7, 11) is 0. The molecule has 1 heterocycles. The Labute approximate surface area is 89.2 Å². The van der Waals surface area contributed by atoms with Crippen LogP contribution in [0.25, 0.3) is 0 Å². The molecule has 0 atom stereocenters. The van der Waals surface area contributed by atoms with E-state index in [-0.39, 0.29) is 0 Å². The number of ether oxygens (including phenoxy) is 2. The van der Waals surface area contributed by atoms with Gasteiger partial charge in [0.05, 0.1) is 6.07 Å². The highest BCUT2D eigenvalue weighted by Crippen LogP contribution is 2.34. The minimum atomic E-state index is 0.588. The fraction of sp³-hybridized carbons (Fsp3) is 0.417. The summed E-state index contributed by atoms with van der Waals surface area (Å²) in [6.07, 6.45) is 2.33. The lowest BCUT2D eigenvalue weighted by molar-refractivity contribution is 0.170. The van der Waals surface area contributed by atoms with Crippen LogP contribution in [0.4, 0.5) is 0 Å². The van der Waals surface area contributed by atoms with E-state index in [1.807, 2.05) is 18.2 Å². The van der Waals surface area contributed by atoms with Crippen LogP contribution in [0.2, 0.25) is 0 Å². The number of hydrogen-bond donors (Lipinski definition) is 0. The third kappa shape index (κ3) is 2.21. The van der Waals surface area contributed by atoms with Crippen molar-refractivity contribution in [1.82, 2.24) is 0 Å². The molecule has 0 aliphatic carbocycles. The summed E-state index contributed by atoms with van der Waals surface area (Å²) in [6, 6.07) is 8.06. The summed E-state index contributed by atoms with van der Waals surface area (Å²) in [4.78, 5) is 0. The van der Waals surface area contributed by atoms with E-state index in [2.05, 4.69) is 6.07 Å². The number of nitrogens with zero attached hydrogens (tertiary/aromatic N) is 1. The summed E-state index contributed by atoms with van der Waals surface area (Å²) >= 11 is 0. The largest absolute Gasteiger partial charge is 0.486 e. The average molecular weight is 203 g/mol. The maximum Gasteiger partial charge on any atom is 0.164 e. The molecule has 15 heavy (non-hydrogen) atoms. The van der Waals surface area contributed by atoms with Crippen LogP contribution in [-0.4, -0.2) is 13.2 Å². The zero-order valence-electron chi connectivity index (χ0n) is 8.53. The molecule has 0 unspecified atom stereocenters. The van der Waals surface area contributed by atoms with Crippen molar-refractivity contribution < 1.29 is 9.47 Å². The van der Waals surface area contributed by atoms with Crippen molar-refractivity contribution >= 4 is 0 Å². The second kappa shape index (κ2) is 4.70. The summed E-state index contributed by atoms with van der Waals surface area (Å²) in [5.41, 5.74) is 1.14. The first kappa shape index (κ1) is 9.85. The van der Waals surface area contributed by atoms with Gasteiger partial charge in [-0.3, -0.25) is 0 Å². The summed E-state index contributed by atoms with van der Waals surface area (Å²) in [6.45, 7) is 1.23. The van der Waals surface area contributed by atoms with Crippen LogP contribution in [0.3, 0.4) is 0 Å². The predicted octanol–water partition coefficient (Wildman–Crippen LogP) is 2.30. The second-order valence-corrected chi connectivity index (χ2v) is 3.45. The molecule has 0 aromatic heterocycles. The number of rotatable bonds is 3. The molecule has 78 valence electrons. The monoisotopic (exact) mass is 203 g/mol. The number of unbranched alkanes of at least 4 members (excludes halogenated alkanes) is 1. The minimum absolute atomic E-state index is 0.588. The molecule has 0 saturated carbocycles. The van der Waals surface area contributed by atoms with Crippen molar-refractivity contribution in [3.8, 4) is 17.6 Å². The first-order valence-electron chi connectivity index (χ1n) is 5.16. The summed E-state index contributed by atoms with van der Waals surface area (Å²) in [5, 5.41) is 8.48. The van der Waals surface area contributed by atoms with Crippen LogP contribution in [0.15, 0.2) is 18.2 Å². The number of benzene rings is 1. The van der Waals surface area contributed by atoms with Crippen molar-refractivity contribution in [2.75, 3.05) is 13.2 Å². The Morgan fingerprint density at radius 3 is 3.00 bits per heavy atom. The van der Waals surface area contributed by atoms with Crippen molar-refractivity contribution in [3.63, 3.8) is 0 Å². The highest BCUT2D eigenvalue weighted by Gasteiger charge is 2.14. The fourth-order valence-electron chi connectivity index (χ4n) is 1.69. The van der Waals surface area contributed by atoms with E-state index >= 15 is 0 Å². The van der Waals surface area contributed by atoms with Gasteiger partial charge in [-0.25, -0.2) is 0 Å². The number of nitriles is 1. The lowest BCUT2D eigenvalue weighted by Crippen LogP contribution is -2.16. The van der Waals surface area contributed by atoms with E-state index in [0.29, 0.717) is 19.6 Å². The van der Waals surface area contributed by atoms with Gasteiger partial charge >= 0.3 is 0 Å². The molecule has 3 heteroatoms. The van der Waals surface area contributed by atoms with E-state index in [4.69, 9.17) is 14.7 Å². The van der Waals surface area contributed by atoms with Crippen LogP contribution >= 0.6 is 0 Å². The predicted molar refractivity (Wildman–Crippen MR) is 56.0 cm³/mol. The van der Waals surface area contributed by atoms with Gasteiger partial charge in [0, 0.05) is 6.42 Å².